The van der Waals surface area contributed by atoms with Gasteiger partial charge in [-0.05, 0) is 47.5 Å². The largest absolute Gasteiger partial charge is 0.476 e. The molecule has 1 N–H and O–H groups in total. The lowest BCUT2D eigenvalue weighted by Crippen LogP contribution is -2.06. The van der Waals surface area contributed by atoms with E-state index in [9.17, 15) is 18.7 Å². The first-order valence-electron chi connectivity index (χ1n) is 10.4. The third-order valence-electron chi connectivity index (χ3n) is 5.58. The van der Waals surface area contributed by atoms with Crippen LogP contribution >= 0.6 is 0 Å². The van der Waals surface area contributed by atoms with Crippen molar-refractivity contribution in [1.82, 2.24) is 14.3 Å². The molecule has 5 aromatic rings. The minimum Gasteiger partial charge on any atom is -0.476 e. The van der Waals surface area contributed by atoms with Crippen LogP contribution in [0.25, 0.3) is 22.2 Å². The summed E-state index contributed by atoms with van der Waals surface area (Å²) < 4.78 is 30.3. The minimum absolute atomic E-state index is 0.0672. The Morgan fingerprint density at radius 2 is 1.45 bits per heavy atom. The highest BCUT2D eigenvalue weighted by molar-refractivity contribution is 5.96. The van der Waals surface area contributed by atoms with Gasteiger partial charge in [-0.3, -0.25) is 4.68 Å². The van der Waals surface area contributed by atoms with Crippen molar-refractivity contribution in [3.8, 4) is 11.3 Å². The molecule has 0 aliphatic carbocycles. The van der Waals surface area contributed by atoms with Crippen LogP contribution < -0.4 is 0 Å². The standard InChI is InChI=1S/C26H19F2N3O2/c27-19-9-5-17(6-10-19)14-30-16-22(21-3-1-2-4-24(21)30)25-13-23(26(32)33)29-31(25)15-18-7-11-20(28)12-8-18/h1-13,16H,14-15H2,(H,32,33). The molecular formula is C26H19F2N3O2. The molecule has 0 unspecified atom stereocenters. The van der Waals surface area contributed by atoms with Crippen LogP contribution in [0, 0.1) is 11.6 Å². The molecule has 0 spiro atoms. The van der Waals surface area contributed by atoms with Gasteiger partial charge in [-0.2, -0.15) is 5.10 Å². The molecule has 0 amide bonds. The number of aromatic carboxylic acids is 1. The molecule has 0 radical (unpaired) electrons. The number of carboxylic acid groups (broad SMARTS) is 1. The molecule has 33 heavy (non-hydrogen) atoms. The Labute approximate surface area is 188 Å². The summed E-state index contributed by atoms with van der Waals surface area (Å²) >= 11 is 0. The summed E-state index contributed by atoms with van der Waals surface area (Å²) in [5.41, 5.74) is 4.11. The van der Waals surface area contributed by atoms with Gasteiger partial charge in [0.1, 0.15) is 11.6 Å². The van der Waals surface area contributed by atoms with E-state index >= 15 is 0 Å². The first-order valence-corrected chi connectivity index (χ1v) is 10.4. The summed E-state index contributed by atoms with van der Waals surface area (Å²) in [6.45, 7) is 0.818. The van der Waals surface area contributed by atoms with Crippen molar-refractivity contribution in [1.29, 1.82) is 0 Å². The van der Waals surface area contributed by atoms with E-state index in [1.54, 1.807) is 35.0 Å². The lowest BCUT2D eigenvalue weighted by Gasteiger charge is -2.07. The molecule has 0 fully saturated rings. The van der Waals surface area contributed by atoms with E-state index in [0.29, 0.717) is 18.8 Å². The van der Waals surface area contributed by atoms with E-state index in [0.717, 1.165) is 27.6 Å². The molecule has 0 bridgehead atoms. The van der Waals surface area contributed by atoms with Crippen molar-refractivity contribution in [2.24, 2.45) is 0 Å². The van der Waals surface area contributed by atoms with Crippen molar-refractivity contribution in [3.63, 3.8) is 0 Å². The number of halogens is 2. The zero-order valence-corrected chi connectivity index (χ0v) is 17.5. The molecule has 0 saturated heterocycles. The molecule has 2 aromatic heterocycles. The Morgan fingerprint density at radius 3 is 2.09 bits per heavy atom. The van der Waals surface area contributed by atoms with E-state index in [2.05, 4.69) is 5.10 Å². The Bertz CT molecular complexity index is 1450. The van der Waals surface area contributed by atoms with Crippen molar-refractivity contribution in [2.75, 3.05) is 0 Å². The molecule has 2 heterocycles. The molecular weight excluding hydrogens is 424 g/mol. The third kappa shape index (κ3) is 4.13. The van der Waals surface area contributed by atoms with Gasteiger partial charge in [-0.25, -0.2) is 13.6 Å². The van der Waals surface area contributed by atoms with Crippen LogP contribution in [0.5, 0.6) is 0 Å². The normalized spacial score (nSPS) is 11.2. The molecule has 0 aliphatic rings. The van der Waals surface area contributed by atoms with Crippen molar-refractivity contribution >= 4 is 16.9 Å². The van der Waals surface area contributed by atoms with Gasteiger partial charge < -0.3 is 9.67 Å². The summed E-state index contributed by atoms with van der Waals surface area (Å²) in [5.74, 6) is -1.75. The highest BCUT2D eigenvalue weighted by Gasteiger charge is 2.19. The minimum atomic E-state index is -1.12. The monoisotopic (exact) mass is 443 g/mol. The molecule has 7 heteroatoms. The van der Waals surface area contributed by atoms with Gasteiger partial charge in [0.25, 0.3) is 0 Å². The second-order valence-electron chi connectivity index (χ2n) is 7.82. The van der Waals surface area contributed by atoms with E-state index < -0.39 is 5.97 Å². The van der Waals surface area contributed by atoms with Crippen LogP contribution in [0.2, 0.25) is 0 Å². The number of fused-ring (bicyclic) bond motifs is 1. The number of nitrogens with zero attached hydrogens (tertiary/aromatic N) is 3. The molecule has 0 atom stereocenters. The van der Waals surface area contributed by atoms with E-state index in [1.807, 2.05) is 35.0 Å². The number of hydrogen-bond donors (Lipinski definition) is 1. The lowest BCUT2D eigenvalue weighted by molar-refractivity contribution is 0.0689. The van der Waals surface area contributed by atoms with Gasteiger partial charge in [-0.15, -0.1) is 0 Å². The fraction of sp³-hybridized carbons (Fsp3) is 0.0769. The van der Waals surface area contributed by atoms with Crippen LogP contribution in [0.1, 0.15) is 21.6 Å². The van der Waals surface area contributed by atoms with Gasteiger partial charge in [-0.1, -0.05) is 42.5 Å². The molecule has 0 aliphatic heterocycles. The second kappa shape index (κ2) is 8.35. The summed E-state index contributed by atoms with van der Waals surface area (Å²) in [7, 11) is 0. The van der Waals surface area contributed by atoms with E-state index in [1.165, 1.54) is 24.3 Å². The molecule has 0 saturated carbocycles. The Hall–Kier alpha value is -4.26. The van der Waals surface area contributed by atoms with Crippen molar-refractivity contribution in [2.45, 2.75) is 13.1 Å². The van der Waals surface area contributed by atoms with Crippen LogP contribution in [0.15, 0.2) is 85.1 Å². The fourth-order valence-electron chi connectivity index (χ4n) is 3.99. The number of carboxylic acids is 1. The molecule has 164 valence electrons. The van der Waals surface area contributed by atoms with Crippen LogP contribution in [0.4, 0.5) is 8.78 Å². The van der Waals surface area contributed by atoms with Crippen LogP contribution in [0.3, 0.4) is 0 Å². The van der Waals surface area contributed by atoms with Gasteiger partial charge in [0, 0.05) is 29.2 Å². The first kappa shape index (κ1) is 20.6. The Morgan fingerprint density at radius 1 is 0.848 bits per heavy atom. The SMILES string of the molecule is O=C(O)c1cc(-c2cn(Cc3ccc(F)cc3)c3ccccc23)n(Cc2ccc(F)cc2)n1. The third-order valence-corrected chi connectivity index (χ3v) is 5.58. The Balaban J connectivity index is 1.61. The van der Waals surface area contributed by atoms with Gasteiger partial charge in [0.2, 0.25) is 0 Å². The molecule has 5 rings (SSSR count). The first-order chi connectivity index (χ1) is 16.0. The van der Waals surface area contributed by atoms with E-state index in [4.69, 9.17) is 0 Å². The quantitative estimate of drug-likeness (QED) is 0.373. The number of aromatic nitrogens is 3. The van der Waals surface area contributed by atoms with Crippen molar-refractivity contribution < 1.29 is 18.7 Å². The zero-order valence-electron chi connectivity index (χ0n) is 17.5. The van der Waals surface area contributed by atoms with Gasteiger partial charge in [0.05, 0.1) is 12.2 Å². The average molecular weight is 443 g/mol. The smallest absolute Gasteiger partial charge is 0.356 e. The topological polar surface area (TPSA) is 60.0 Å². The highest BCUT2D eigenvalue weighted by Crippen LogP contribution is 2.32. The fourth-order valence-corrected chi connectivity index (χ4v) is 3.99. The number of carbonyl (C=O) groups is 1. The predicted octanol–water partition coefficient (Wildman–Crippen LogP) is 5.58. The summed E-state index contributed by atoms with van der Waals surface area (Å²) in [5, 5.41) is 14.8. The summed E-state index contributed by atoms with van der Waals surface area (Å²) in [4.78, 5) is 11.7. The number of benzene rings is 3. The van der Waals surface area contributed by atoms with Crippen LogP contribution in [-0.2, 0) is 13.1 Å². The second-order valence-corrected chi connectivity index (χ2v) is 7.82. The maximum absolute atomic E-state index is 13.3. The van der Waals surface area contributed by atoms with Gasteiger partial charge >= 0.3 is 5.97 Å². The number of rotatable bonds is 6. The lowest BCUT2D eigenvalue weighted by atomic mass is 10.1. The predicted molar refractivity (Wildman–Crippen MR) is 121 cm³/mol. The summed E-state index contributed by atoms with van der Waals surface area (Å²) in [6.07, 6.45) is 1.96. The van der Waals surface area contributed by atoms with E-state index in [-0.39, 0.29) is 17.3 Å². The Kier molecular flexibility index (Phi) is 5.22. The zero-order chi connectivity index (χ0) is 22.9. The number of para-hydroxylation sites is 1. The van der Waals surface area contributed by atoms with Gasteiger partial charge in [0.15, 0.2) is 5.69 Å². The van der Waals surface area contributed by atoms with Crippen molar-refractivity contribution in [3.05, 3.63) is 114 Å². The maximum atomic E-state index is 13.3. The average Bonchev–Trinajstić information content (AvgIpc) is 3.39. The number of hydrogen-bond acceptors (Lipinski definition) is 2. The molecule has 5 nitrogen and oxygen atoms in total. The maximum Gasteiger partial charge on any atom is 0.356 e. The highest BCUT2D eigenvalue weighted by atomic mass is 19.1. The summed E-state index contributed by atoms with van der Waals surface area (Å²) in [6, 6.07) is 21.7. The van der Waals surface area contributed by atoms with Crippen LogP contribution in [-0.4, -0.2) is 25.4 Å². The molecule has 3 aromatic carbocycles.